The highest BCUT2D eigenvalue weighted by molar-refractivity contribution is 8.02. The van der Waals surface area contributed by atoms with Crippen LogP contribution in [0, 0.1) is 10.1 Å². The molecule has 4 nitrogen and oxygen atoms in total. The lowest BCUT2D eigenvalue weighted by Crippen LogP contribution is -2.05. The molecule has 0 unspecified atom stereocenters. The number of alkyl halides is 3. The minimum absolute atomic E-state index is 0.236. The van der Waals surface area contributed by atoms with Gasteiger partial charge in [-0.05, 0) is 30.5 Å². The minimum atomic E-state index is -4.39. The predicted molar refractivity (Wildman–Crippen MR) is 63.7 cm³/mol. The summed E-state index contributed by atoms with van der Waals surface area (Å²) in [6.45, 7) is 0. The molecule has 1 aromatic rings. The van der Waals surface area contributed by atoms with Crippen LogP contribution in [-0.4, -0.2) is 11.2 Å². The molecule has 0 heterocycles. The molecule has 0 bridgehead atoms. The van der Waals surface area contributed by atoms with E-state index in [1.54, 1.807) is 6.26 Å². The van der Waals surface area contributed by atoms with Gasteiger partial charge in [0, 0.05) is 5.69 Å². The Kier molecular flexibility index (Phi) is 4.60. The summed E-state index contributed by atoms with van der Waals surface area (Å²) < 4.78 is 36.9. The Morgan fingerprint density at radius 1 is 1.39 bits per heavy atom. The first-order valence-corrected chi connectivity index (χ1v) is 5.89. The van der Waals surface area contributed by atoms with Crippen molar-refractivity contribution in [3.63, 3.8) is 0 Å². The number of rotatable bonds is 4. The van der Waals surface area contributed by atoms with E-state index >= 15 is 0 Å². The second kappa shape index (κ2) is 5.76. The molecule has 0 aliphatic carbocycles. The molecular weight excluding hydrogens is 269 g/mol. The molecule has 1 aromatic carbocycles. The fourth-order valence-corrected chi connectivity index (χ4v) is 1.53. The van der Waals surface area contributed by atoms with Crippen LogP contribution in [0.15, 0.2) is 35.5 Å². The average Bonchev–Trinajstić information content (AvgIpc) is 2.27. The van der Waals surface area contributed by atoms with Crippen LogP contribution >= 0.6 is 11.8 Å². The van der Waals surface area contributed by atoms with E-state index in [-0.39, 0.29) is 5.03 Å². The Balaban J connectivity index is 2.84. The topological polar surface area (TPSA) is 55.2 Å². The van der Waals surface area contributed by atoms with Gasteiger partial charge in [-0.2, -0.15) is 13.2 Å². The van der Waals surface area contributed by atoms with Crippen LogP contribution in [-0.2, 0) is 6.18 Å². The summed E-state index contributed by atoms with van der Waals surface area (Å²) in [7, 11) is 0. The summed E-state index contributed by atoms with van der Waals surface area (Å²) in [5, 5.41) is 13.2. The van der Waals surface area contributed by atoms with Crippen molar-refractivity contribution >= 4 is 17.4 Å². The zero-order chi connectivity index (χ0) is 13.8. The first kappa shape index (κ1) is 14.4. The van der Waals surface area contributed by atoms with E-state index in [2.05, 4.69) is 5.32 Å². The van der Waals surface area contributed by atoms with Crippen molar-refractivity contribution < 1.29 is 18.1 Å². The number of halogens is 3. The molecule has 0 amide bonds. The number of anilines is 1. The third-order valence-electron chi connectivity index (χ3n) is 1.92. The van der Waals surface area contributed by atoms with Gasteiger partial charge in [0.1, 0.15) is 5.03 Å². The Labute approximate surface area is 105 Å². The molecule has 0 saturated heterocycles. The molecule has 1 rings (SSSR count). The summed E-state index contributed by atoms with van der Waals surface area (Å²) in [5.41, 5.74) is -0.414. The molecule has 0 aliphatic heterocycles. The third-order valence-corrected chi connectivity index (χ3v) is 2.57. The highest BCUT2D eigenvalue weighted by Crippen LogP contribution is 2.30. The number of thioether (sulfide) groups is 1. The van der Waals surface area contributed by atoms with Crippen LogP contribution in [0.3, 0.4) is 0 Å². The Hall–Kier alpha value is -1.70. The Bertz CT molecular complexity index is 457. The molecule has 0 aromatic heterocycles. The van der Waals surface area contributed by atoms with E-state index in [4.69, 9.17) is 0 Å². The monoisotopic (exact) mass is 278 g/mol. The van der Waals surface area contributed by atoms with Crippen LogP contribution < -0.4 is 5.32 Å². The van der Waals surface area contributed by atoms with Gasteiger partial charge in [-0.15, -0.1) is 11.8 Å². The van der Waals surface area contributed by atoms with Crippen molar-refractivity contribution in [2.45, 2.75) is 6.18 Å². The summed E-state index contributed by atoms with van der Waals surface area (Å²) >= 11 is 1.09. The molecule has 1 N–H and O–H groups in total. The summed E-state index contributed by atoms with van der Waals surface area (Å²) in [6, 6.07) is 4.25. The maximum absolute atomic E-state index is 12.3. The largest absolute Gasteiger partial charge is 0.416 e. The van der Waals surface area contributed by atoms with Crippen molar-refractivity contribution in [1.82, 2.24) is 0 Å². The maximum atomic E-state index is 12.3. The van der Waals surface area contributed by atoms with Crippen LogP contribution in [0.1, 0.15) is 5.56 Å². The van der Waals surface area contributed by atoms with Crippen LogP contribution in [0.2, 0.25) is 0 Å². The van der Waals surface area contributed by atoms with Gasteiger partial charge in [0.25, 0.3) is 6.20 Å². The maximum Gasteiger partial charge on any atom is 0.416 e. The number of nitro groups is 1. The zero-order valence-corrected chi connectivity index (χ0v) is 10.0. The molecule has 98 valence electrons. The van der Waals surface area contributed by atoms with E-state index < -0.39 is 16.7 Å². The molecular formula is C10H9F3N2O2S. The normalized spacial score (nSPS) is 12.3. The van der Waals surface area contributed by atoms with Gasteiger partial charge in [0.05, 0.1) is 10.5 Å². The number of nitrogens with zero attached hydrogens (tertiary/aromatic N) is 1. The molecule has 8 heteroatoms. The van der Waals surface area contributed by atoms with Gasteiger partial charge in [0.2, 0.25) is 0 Å². The summed E-state index contributed by atoms with van der Waals surface area (Å²) in [6.07, 6.45) is -2.02. The molecule has 0 atom stereocenters. The van der Waals surface area contributed by atoms with Crippen LogP contribution in [0.4, 0.5) is 18.9 Å². The average molecular weight is 278 g/mol. The number of nitrogens with one attached hydrogen (secondary N) is 1. The highest BCUT2D eigenvalue weighted by Gasteiger charge is 2.29. The van der Waals surface area contributed by atoms with Crippen molar-refractivity contribution in [1.29, 1.82) is 0 Å². The second-order valence-corrected chi connectivity index (χ2v) is 4.03. The standard InChI is InChI=1S/C10H9F3N2O2S/c1-18-9(6-15(16)17)14-8-4-2-7(3-5-8)10(11,12)13/h2-6,14H,1H3/b9-6-. The van der Waals surface area contributed by atoms with Crippen molar-refractivity contribution in [3.8, 4) is 0 Å². The number of hydrogen-bond acceptors (Lipinski definition) is 4. The zero-order valence-electron chi connectivity index (χ0n) is 9.19. The molecule has 0 fully saturated rings. The van der Waals surface area contributed by atoms with Gasteiger partial charge in [-0.1, -0.05) is 0 Å². The van der Waals surface area contributed by atoms with Gasteiger partial charge in [-0.25, -0.2) is 0 Å². The van der Waals surface area contributed by atoms with Gasteiger partial charge in [-0.3, -0.25) is 10.1 Å². The molecule has 0 saturated carbocycles. The van der Waals surface area contributed by atoms with Crippen molar-refractivity contribution in [3.05, 3.63) is 51.2 Å². The number of benzene rings is 1. The number of hydrogen-bond donors (Lipinski definition) is 1. The van der Waals surface area contributed by atoms with Crippen LogP contribution in [0.25, 0.3) is 0 Å². The summed E-state index contributed by atoms with van der Waals surface area (Å²) in [4.78, 5) is 9.64. The van der Waals surface area contributed by atoms with Crippen LogP contribution in [0.5, 0.6) is 0 Å². The highest BCUT2D eigenvalue weighted by atomic mass is 32.2. The Morgan fingerprint density at radius 2 is 1.94 bits per heavy atom. The summed E-state index contributed by atoms with van der Waals surface area (Å²) in [5.74, 6) is 0. The van der Waals surface area contributed by atoms with E-state index in [0.29, 0.717) is 5.69 Å². The minimum Gasteiger partial charge on any atom is -0.345 e. The lowest BCUT2D eigenvalue weighted by molar-refractivity contribution is -0.402. The van der Waals surface area contributed by atoms with E-state index in [1.165, 1.54) is 12.1 Å². The third kappa shape index (κ3) is 4.28. The lowest BCUT2D eigenvalue weighted by atomic mass is 10.2. The first-order chi connectivity index (χ1) is 8.32. The molecule has 0 aliphatic rings. The van der Waals surface area contributed by atoms with Gasteiger partial charge < -0.3 is 5.32 Å². The van der Waals surface area contributed by atoms with Crippen molar-refractivity contribution in [2.75, 3.05) is 11.6 Å². The second-order valence-electron chi connectivity index (χ2n) is 3.18. The van der Waals surface area contributed by atoms with Crippen molar-refractivity contribution in [2.24, 2.45) is 0 Å². The van der Waals surface area contributed by atoms with Gasteiger partial charge >= 0.3 is 6.18 Å². The first-order valence-electron chi connectivity index (χ1n) is 4.66. The van der Waals surface area contributed by atoms with E-state index in [1.807, 2.05) is 0 Å². The van der Waals surface area contributed by atoms with E-state index in [0.717, 1.165) is 30.1 Å². The fraction of sp³-hybridized carbons (Fsp3) is 0.200. The van der Waals surface area contributed by atoms with Gasteiger partial charge in [0.15, 0.2) is 0 Å². The molecule has 0 radical (unpaired) electrons. The SMILES string of the molecule is CS/C(=C\[N+](=O)[O-])Nc1ccc(C(F)(F)F)cc1. The molecule has 0 spiro atoms. The predicted octanol–water partition coefficient (Wildman–Crippen LogP) is 3.56. The van der Waals surface area contributed by atoms with E-state index in [9.17, 15) is 23.3 Å². The Morgan fingerprint density at radius 3 is 2.33 bits per heavy atom. The molecule has 18 heavy (non-hydrogen) atoms. The fourth-order valence-electron chi connectivity index (χ4n) is 1.12. The smallest absolute Gasteiger partial charge is 0.345 e. The quantitative estimate of drug-likeness (QED) is 0.676. The lowest BCUT2D eigenvalue weighted by Gasteiger charge is -2.09.